The number of rotatable bonds is 4. The molecule has 1 aromatic carbocycles. The molecule has 2 aromatic heterocycles. The van der Waals surface area contributed by atoms with Crippen LogP contribution >= 0.6 is 0 Å². The van der Waals surface area contributed by atoms with Crippen LogP contribution in [0.3, 0.4) is 0 Å². The number of benzene rings is 1. The number of quaternary nitrogens is 1. The summed E-state index contributed by atoms with van der Waals surface area (Å²) in [6.07, 6.45) is 6.98. The number of hydrogen-bond donors (Lipinski definition) is 1. The predicted octanol–water partition coefficient (Wildman–Crippen LogP) is 3.30. The summed E-state index contributed by atoms with van der Waals surface area (Å²) in [4.78, 5) is 1.57. The Balaban J connectivity index is 1.34. The van der Waals surface area contributed by atoms with Gasteiger partial charge in [-0.1, -0.05) is 48.3 Å². The van der Waals surface area contributed by atoms with Gasteiger partial charge in [0.15, 0.2) is 6.54 Å². The Morgan fingerprint density at radius 3 is 2.71 bits per heavy atom. The van der Waals surface area contributed by atoms with E-state index in [2.05, 4.69) is 15.4 Å². The van der Waals surface area contributed by atoms with Crippen LogP contribution in [-0.2, 0) is 6.54 Å². The van der Waals surface area contributed by atoms with Crippen LogP contribution in [-0.4, -0.2) is 28.4 Å². The molecule has 28 heavy (non-hydrogen) atoms. The van der Waals surface area contributed by atoms with Gasteiger partial charge in [0, 0.05) is 11.5 Å². The molecule has 6 heteroatoms. The van der Waals surface area contributed by atoms with Crippen LogP contribution in [0.25, 0.3) is 22.7 Å². The van der Waals surface area contributed by atoms with Crippen LogP contribution in [0, 0.1) is 18.8 Å². The molecule has 0 amide bonds. The number of piperidine rings is 1. The maximum Gasteiger partial charge on any atom is 0.271 e. The summed E-state index contributed by atoms with van der Waals surface area (Å²) in [7, 11) is 0. The summed E-state index contributed by atoms with van der Waals surface area (Å²) in [5.41, 5.74) is 2.54. The Labute approximate surface area is 164 Å². The summed E-state index contributed by atoms with van der Waals surface area (Å²) in [5, 5.41) is 12.9. The third-order valence-corrected chi connectivity index (χ3v) is 6.48. The van der Waals surface area contributed by atoms with Gasteiger partial charge in [0.2, 0.25) is 0 Å². The average Bonchev–Trinajstić information content (AvgIpc) is 3.34. The first kappa shape index (κ1) is 17.6. The summed E-state index contributed by atoms with van der Waals surface area (Å²) in [6, 6.07) is 9.98. The van der Waals surface area contributed by atoms with E-state index >= 15 is 0 Å². The van der Waals surface area contributed by atoms with E-state index in [1.54, 1.807) is 4.90 Å². The fraction of sp³-hybridized carbons (Fsp3) is 0.500. The van der Waals surface area contributed by atoms with Crippen molar-refractivity contribution in [3.05, 3.63) is 42.0 Å². The van der Waals surface area contributed by atoms with Crippen molar-refractivity contribution in [3.8, 4) is 22.7 Å². The monoisotopic (exact) mass is 379 g/mol. The lowest BCUT2D eigenvalue weighted by Gasteiger charge is -2.38. The van der Waals surface area contributed by atoms with Crippen molar-refractivity contribution in [2.45, 2.75) is 45.6 Å². The molecule has 1 saturated carbocycles. The minimum Gasteiger partial charge on any atom is -0.415 e. The van der Waals surface area contributed by atoms with Crippen molar-refractivity contribution in [1.82, 2.24) is 15.4 Å². The molecule has 2 aliphatic rings. The SMILES string of the molecule is Cc1onc(-c2ccccc2)c1-c1nnc(C[NH+]2CC[C@H]3CCCC[C@@H]3C2)o1. The number of nitrogens with one attached hydrogen (secondary N) is 1. The standard InChI is InChI=1S/C22H26N4O2/c1-15-20(21(25-28-15)17-8-3-2-4-9-17)22-24-23-19(27-22)14-26-12-11-16-7-5-6-10-18(16)13-26/h2-4,8-9,16,18H,5-7,10-14H2,1H3/p+1/t16-,18-/m1/s1. The van der Waals surface area contributed by atoms with Crippen LogP contribution in [0.5, 0.6) is 0 Å². The lowest BCUT2D eigenvalue weighted by Crippen LogP contribution is -3.12. The summed E-state index contributed by atoms with van der Waals surface area (Å²) in [6.45, 7) is 5.14. The quantitative estimate of drug-likeness (QED) is 0.753. The highest BCUT2D eigenvalue weighted by molar-refractivity contribution is 5.77. The molecule has 3 aromatic rings. The van der Waals surface area contributed by atoms with Gasteiger partial charge in [-0.05, 0) is 32.1 Å². The van der Waals surface area contributed by atoms with Crippen molar-refractivity contribution >= 4 is 0 Å². The molecular formula is C22H27N4O2+. The van der Waals surface area contributed by atoms with Gasteiger partial charge >= 0.3 is 0 Å². The largest absolute Gasteiger partial charge is 0.415 e. The molecule has 1 aliphatic carbocycles. The normalized spacial score (nSPS) is 24.8. The van der Waals surface area contributed by atoms with Crippen LogP contribution in [0.4, 0.5) is 0 Å². The van der Waals surface area contributed by atoms with E-state index in [4.69, 9.17) is 8.94 Å². The number of nitrogens with zero attached hydrogens (tertiary/aromatic N) is 3. The van der Waals surface area contributed by atoms with E-state index in [1.807, 2.05) is 37.3 Å². The van der Waals surface area contributed by atoms with Crippen molar-refractivity contribution in [2.75, 3.05) is 13.1 Å². The Morgan fingerprint density at radius 2 is 1.86 bits per heavy atom. The minimum atomic E-state index is 0.500. The minimum absolute atomic E-state index is 0.500. The van der Waals surface area contributed by atoms with Crippen LogP contribution in [0.15, 0.2) is 39.3 Å². The third-order valence-electron chi connectivity index (χ3n) is 6.48. The molecule has 0 bridgehead atoms. The first-order valence-electron chi connectivity index (χ1n) is 10.5. The smallest absolute Gasteiger partial charge is 0.271 e. The van der Waals surface area contributed by atoms with E-state index in [0.29, 0.717) is 17.5 Å². The molecule has 0 radical (unpaired) electrons. The summed E-state index contributed by atoms with van der Waals surface area (Å²) < 4.78 is 11.5. The van der Waals surface area contributed by atoms with Gasteiger partial charge in [-0.15, -0.1) is 10.2 Å². The van der Waals surface area contributed by atoms with Gasteiger partial charge in [-0.2, -0.15) is 0 Å². The summed E-state index contributed by atoms with van der Waals surface area (Å²) >= 11 is 0. The molecule has 1 aliphatic heterocycles. The van der Waals surface area contributed by atoms with E-state index in [1.165, 1.54) is 45.2 Å². The van der Waals surface area contributed by atoms with Crippen molar-refractivity contribution in [3.63, 3.8) is 0 Å². The van der Waals surface area contributed by atoms with Gasteiger partial charge in [0.1, 0.15) is 17.0 Å². The molecule has 1 unspecified atom stereocenters. The molecule has 5 rings (SSSR count). The second-order valence-corrected chi connectivity index (χ2v) is 8.30. The zero-order chi connectivity index (χ0) is 18.9. The van der Waals surface area contributed by atoms with Crippen molar-refractivity contribution < 1.29 is 13.8 Å². The highest BCUT2D eigenvalue weighted by Gasteiger charge is 2.34. The Bertz CT molecular complexity index is 933. The molecule has 0 spiro atoms. The molecule has 3 atom stereocenters. The fourth-order valence-electron chi connectivity index (χ4n) is 5.01. The topological polar surface area (TPSA) is 69.4 Å². The Hall–Kier alpha value is -2.47. The first-order chi connectivity index (χ1) is 13.8. The second-order valence-electron chi connectivity index (χ2n) is 8.30. The average molecular weight is 379 g/mol. The lowest BCUT2D eigenvalue weighted by molar-refractivity contribution is -0.925. The van der Waals surface area contributed by atoms with E-state index < -0.39 is 0 Å². The van der Waals surface area contributed by atoms with Crippen molar-refractivity contribution in [2.24, 2.45) is 11.8 Å². The number of aryl methyl sites for hydroxylation is 1. The van der Waals surface area contributed by atoms with Crippen LogP contribution < -0.4 is 4.90 Å². The number of aromatic nitrogens is 3. The molecule has 146 valence electrons. The van der Waals surface area contributed by atoms with Crippen molar-refractivity contribution in [1.29, 1.82) is 0 Å². The zero-order valence-corrected chi connectivity index (χ0v) is 16.4. The molecule has 3 heterocycles. The Morgan fingerprint density at radius 1 is 1.04 bits per heavy atom. The number of hydrogen-bond acceptors (Lipinski definition) is 5. The first-order valence-corrected chi connectivity index (χ1v) is 10.5. The number of likely N-dealkylation sites (tertiary alicyclic amines) is 1. The van der Waals surface area contributed by atoms with Gasteiger partial charge in [0.05, 0.1) is 13.1 Å². The highest BCUT2D eigenvalue weighted by Crippen LogP contribution is 2.34. The van der Waals surface area contributed by atoms with Crippen LogP contribution in [0.1, 0.15) is 43.8 Å². The molecule has 2 fully saturated rings. The predicted molar refractivity (Wildman–Crippen MR) is 104 cm³/mol. The fourth-order valence-corrected chi connectivity index (χ4v) is 5.01. The van der Waals surface area contributed by atoms with Gasteiger partial charge in [-0.3, -0.25) is 0 Å². The Kier molecular flexibility index (Phi) is 4.72. The van der Waals surface area contributed by atoms with Gasteiger partial charge in [-0.25, -0.2) is 0 Å². The van der Waals surface area contributed by atoms with Gasteiger partial charge in [0.25, 0.3) is 11.8 Å². The molecular weight excluding hydrogens is 352 g/mol. The van der Waals surface area contributed by atoms with E-state index in [9.17, 15) is 0 Å². The van der Waals surface area contributed by atoms with Gasteiger partial charge < -0.3 is 13.8 Å². The molecule has 1 saturated heterocycles. The van der Waals surface area contributed by atoms with E-state index in [0.717, 1.165) is 35.2 Å². The highest BCUT2D eigenvalue weighted by atomic mass is 16.5. The molecule has 1 N–H and O–H groups in total. The maximum atomic E-state index is 6.07. The van der Waals surface area contributed by atoms with E-state index in [-0.39, 0.29) is 0 Å². The second kappa shape index (κ2) is 7.51. The van der Waals surface area contributed by atoms with Crippen LogP contribution in [0.2, 0.25) is 0 Å². The third kappa shape index (κ3) is 3.37. The zero-order valence-electron chi connectivity index (χ0n) is 16.4. The maximum absolute atomic E-state index is 6.07. The number of fused-ring (bicyclic) bond motifs is 1. The molecule has 6 nitrogen and oxygen atoms in total. The lowest BCUT2D eigenvalue weighted by atomic mass is 9.75. The summed E-state index contributed by atoms with van der Waals surface area (Å²) in [5.74, 6) is 3.73.